The van der Waals surface area contributed by atoms with E-state index in [1.54, 1.807) is 30.3 Å². The number of carboxylic acids is 1. The second-order valence-electron chi connectivity index (χ2n) is 6.41. The van der Waals surface area contributed by atoms with Gasteiger partial charge < -0.3 is 15.2 Å². The summed E-state index contributed by atoms with van der Waals surface area (Å²) in [6, 6.07) is 21.2. The maximum atomic E-state index is 12.7. The Morgan fingerprint density at radius 1 is 0.935 bits per heavy atom. The van der Waals surface area contributed by atoms with Gasteiger partial charge in [-0.05, 0) is 41.5 Å². The lowest BCUT2D eigenvalue weighted by molar-refractivity contribution is 0.0696. The van der Waals surface area contributed by atoms with Gasteiger partial charge in [0.2, 0.25) is 0 Å². The van der Waals surface area contributed by atoms with E-state index in [2.05, 4.69) is 5.32 Å². The number of hydrogen-bond donors (Lipinski definition) is 2. The van der Waals surface area contributed by atoms with E-state index in [-0.39, 0.29) is 18.0 Å². The molecule has 0 unspecified atom stereocenters. The normalized spacial score (nSPS) is 9.90. The molecule has 0 heterocycles. The molecule has 0 aromatic heterocycles. The number of ether oxygens (including phenoxy) is 1. The average molecular weight is 440 g/mol. The smallest absolute Gasteiger partial charge is 0.335 e. The highest BCUT2D eigenvalue weighted by Crippen LogP contribution is 2.23. The maximum absolute atomic E-state index is 12.7. The summed E-state index contributed by atoms with van der Waals surface area (Å²) in [6.45, 7) is 4.69. The molecular formula is C25H26ClNO4. The average Bonchev–Trinajstić information content (AvgIpc) is 2.80. The van der Waals surface area contributed by atoms with Gasteiger partial charge >= 0.3 is 5.97 Å². The maximum Gasteiger partial charge on any atom is 0.335 e. The number of carbonyl (C=O) groups excluding carboxylic acids is 1. The third kappa shape index (κ3) is 7.46. The van der Waals surface area contributed by atoms with E-state index in [0.717, 1.165) is 17.5 Å². The largest absolute Gasteiger partial charge is 0.492 e. The molecule has 162 valence electrons. The van der Waals surface area contributed by atoms with E-state index >= 15 is 0 Å². The van der Waals surface area contributed by atoms with E-state index in [0.29, 0.717) is 22.9 Å². The first-order valence-corrected chi connectivity index (χ1v) is 10.5. The van der Waals surface area contributed by atoms with Gasteiger partial charge in [-0.25, -0.2) is 4.79 Å². The van der Waals surface area contributed by atoms with Crippen LogP contribution < -0.4 is 10.1 Å². The summed E-state index contributed by atoms with van der Waals surface area (Å²) in [6.07, 6.45) is 0.723. The summed E-state index contributed by atoms with van der Waals surface area (Å²) in [4.78, 5) is 23.6. The number of aromatic carboxylic acids is 1. The molecule has 6 heteroatoms. The predicted molar refractivity (Wildman–Crippen MR) is 123 cm³/mol. The first-order chi connectivity index (χ1) is 15.0. The van der Waals surface area contributed by atoms with Crippen LogP contribution in [-0.4, -0.2) is 23.6 Å². The Balaban J connectivity index is 0.00000166. The second-order valence-corrected chi connectivity index (χ2v) is 6.85. The van der Waals surface area contributed by atoms with Gasteiger partial charge in [-0.3, -0.25) is 4.79 Å². The zero-order valence-electron chi connectivity index (χ0n) is 17.6. The van der Waals surface area contributed by atoms with Crippen LogP contribution in [0, 0.1) is 0 Å². The SMILES string of the molecule is CC.O=C(O)c1ccc(CNC(=O)c2cc(Cl)ccc2OCCc2ccccc2)cc1. The van der Waals surface area contributed by atoms with Crippen molar-refractivity contribution in [3.05, 3.63) is 100 Å². The molecule has 2 N–H and O–H groups in total. The predicted octanol–water partition coefficient (Wildman–Crippen LogP) is 5.62. The molecule has 0 aliphatic rings. The molecule has 3 aromatic carbocycles. The van der Waals surface area contributed by atoms with Crippen LogP contribution in [0.1, 0.15) is 45.7 Å². The molecule has 0 aliphatic heterocycles. The second kappa shape index (κ2) is 12.4. The van der Waals surface area contributed by atoms with Crippen molar-refractivity contribution in [2.24, 2.45) is 0 Å². The number of carbonyl (C=O) groups is 2. The third-order valence-electron chi connectivity index (χ3n) is 4.33. The van der Waals surface area contributed by atoms with Crippen LogP contribution >= 0.6 is 11.6 Å². The zero-order valence-corrected chi connectivity index (χ0v) is 18.4. The van der Waals surface area contributed by atoms with Gasteiger partial charge in [0.1, 0.15) is 5.75 Å². The van der Waals surface area contributed by atoms with Crippen LogP contribution in [-0.2, 0) is 13.0 Å². The number of amides is 1. The monoisotopic (exact) mass is 439 g/mol. The van der Waals surface area contributed by atoms with E-state index in [4.69, 9.17) is 21.4 Å². The fraction of sp³-hybridized carbons (Fsp3) is 0.200. The van der Waals surface area contributed by atoms with E-state index < -0.39 is 5.97 Å². The summed E-state index contributed by atoms with van der Waals surface area (Å²) in [5.74, 6) is -0.842. The van der Waals surface area contributed by atoms with E-state index in [9.17, 15) is 9.59 Å². The van der Waals surface area contributed by atoms with Gasteiger partial charge in [0.05, 0.1) is 17.7 Å². The number of benzene rings is 3. The van der Waals surface area contributed by atoms with Gasteiger partial charge in [-0.1, -0.05) is 67.9 Å². The van der Waals surface area contributed by atoms with Gasteiger partial charge in [-0.15, -0.1) is 0 Å². The molecule has 0 radical (unpaired) electrons. The Morgan fingerprint density at radius 2 is 1.61 bits per heavy atom. The van der Waals surface area contributed by atoms with Gasteiger partial charge in [0.25, 0.3) is 5.91 Å². The van der Waals surface area contributed by atoms with Crippen molar-refractivity contribution in [2.75, 3.05) is 6.61 Å². The molecule has 0 spiro atoms. The molecule has 1 amide bonds. The summed E-state index contributed by atoms with van der Waals surface area (Å²) >= 11 is 6.06. The Hall–Kier alpha value is -3.31. The standard InChI is InChI=1S/C23H20ClNO4.C2H6/c24-19-10-11-21(29-13-12-16-4-2-1-3-5-16)20(14-19)22(26)25-15-17-6-8-18(9-7-17)23(27)28;1-2/h1-11,14H,12-13,15H2,(H,25,26)(H,27,28);1-2H3. The molecule has 0 aliphatic carbocycles. The van der Waals surface area contributed by atoms with Crippen LogP contribution in [0.4, 0.5) is 0 Å². The van der Waals surface area contributed by atoms with E-state index in [1.165, 1.54) is 12.1 Å². The van der Waals surface area contributed by atoms with Crippen molar-refractivity contribution < 1.29 is 19.4 Å². The fourth-order valence-corrected chi connectivity index (χ4v) is 2.94. The van der Waals surface area contributed by atoms with Crippen LogP contribution in [0.15, 0.2) is 72.8 Å². The summed E-state index contributed by atoms with van der Waals surface area (Å²) < 4.78 is 5.83. The number of carboxylic acid groups (broad SMARTS) is 1. The number of rotatable bonds is 8. The molecule has 31 heavy (non-hydrogen) atoms. The van der Waals surface area contributed by atoms with Crippen molar-refractivity contribution in [3.8, 4) is 5.75 Å². The minimum absolute atomic E-state index is 0.198. The van der Waals surface area contributed by atoms with Crippen molar-refractivity contribution >= 4 is 23.5 Å². The van der Waals surface area contributed by atoms with Crippen LogP contribution in [0.25, 0.3) is 0 Å². The molecule has 3 aromatic rings. The molecule has 0 bridgehead atoms. The number of halogens is 1. The Labute approximate surface area is 187 Å². The lowest BCUT2D eigenvalue weighted by Gasteiger charge is -2.12. The van der Waals surface area contributed by atoms with Crippen molar-refractivity contribution in [2.45, 2.75) is 26.8 Å². The third-order valence-corrected chi connectivity index (χ3v) is 4.57. The van der Waals surface area contributed by atoms with Crippen LogP contribution in [0.2, 0.25) is 5.02 Å². The van der Waals surface area contributed by atoms with Gasteiger partial charge in [0, 0.05) is 18.0 Å². The number of nitrogens with one attached hydrogen (secondary N) is 1. The van der Waals surface area contributed by atoms with Crippen molar-refractivity contribution in [1.82, 2.24) is 5.32 Å². The van der Waals surface area contributed by atoms with E-state index in [1.807, 2.05) is 44.2 Å². The van der Waals surface area contributed by atoms with Crippen LogP contribution in [0.3, 0.4) is 0 Å². The summed E-state index contributed by atoms with van der Waals surface area (Å²) in [5, 5.41) is 12.2. The highest BCUT2D eigenvalue weighted by molar-refractivity contribution is 6.31. The Bertz CT molecular complexity index is 988. The van der Waals surface area contributed by atoms with Crippen LogP contribution in [0.5, 0.6) is 5.75 Å². The molecule has 0 saturated heterocycles. The van der Waals surface area contributed by atoms with Crippen molar-refractivity contribution in [3.63, 3.8) is 0 Å². The fourth-order valence-electron chi connectivity index (χ4n) is 2.77. The zero-order chi connectivity index (χ0) is 22.6. The lowest BCUT2D eigenvalue weighted by Crippen LogP contribution is -2.23. The summed E-state index contributed by atoms with van der Waals surface area (Å²) in [5.41, 5.74) is 2.49. The molecule has 3 rings (SSSR count). The Morgan fingerprint density at radius 3 is 2.26 bits per heavy atom. The van der Waals surface area contributed by atoms with Crippen molar-refractivity contribution in [1.29, 1.82) is 0 Å². The molecular weight excluding hydrogens is 414 g/mol. The molecule has 0 fully saturated rings. The minimum atomic E-state index is -0.989. The molecule has 0 atom stereocenters. The first-order valence-electron chi connectivity index (χ1n) is 10.1. The highest BCUT2D eigenvalue weighted by Gasteiger charge is 2.14. The van der Waals surface area contributed by atoms with Gasteiger partial charge in [0.15, 0.2) is 0 Å². The quantitative estimate of drug-likeness (QED) is 0.478. The first kappa shape index (κ1) is 24.0. The minimum Gasteiger partial charge on any atom is -0.492 e. The number of hydrogen-bond acceptors (Lipinski definition) is 3. The molecule has 0 saturated carbocycles. The summed E-state index contributed by atoms with van der Waals surface area (Å²) in [7, 11) is 0. The highest BCUT2D eigenvalue weighted by atomic mass is 35.5. The Kier molecular flexibility index (Phi) is 9.59. The molecule has 5 nitrogen and oxygen atoms in total. The van der Waals surface area contributed by atoms with Gasteiger partial charge in [-0.2, -0.15) is 0 Å². The topological polar surface area (TPSA) is 75.6 Å². The lowest BCUT2D eigenvalue weighted by atomic mass is 10.1.